The van der Waals surface area contributed by atoms with Crippen LogP contribution in [0.1, 0.15) is 5.56 Å². The van der Waals surface area contributed by atoms with E-state index >= 15 is 0 Å². The minimum absolute atomic E-state index is 0.274. The molecule has 7 heteroatoms. The highest BCUT2D eigenvalue weighted by Gasteiger charge is 2.19. The van der Waals surface area contributed by atoms with Crippen LogP contribution in [0.2, 0.25) is 0 Å². The Morgan fingerprint density at radius 1 is 1.04 bits per heavy atom. The first-order chi connectivity index (χ1) is 11.2. The van der Waals surface area contributed by atoms with Crippen molar-refractivity contribution in [3.05, 3.63) is 69.8 Å². The summed E-state index contributed by atoms with van der Waals surface area (Å²) in [7, 11) is 0. The zero-order valence-electron chi connectivity index (χ0n) is 11.7. The van der Waals surface area contributed by atoms with Gasteiger partial charge >= 0.3 is 0 Å². The van der Waals surface area contributed by atoms with E-state index in [0.29, 0.717) is 5.82 Å². The number of thioether (sulfide) groups is 1. The molecular weight excluding hydrogens is 379 g/mol. The third kappa shape index (κ3) is 2.77. The van der Waals surface area contributed by atoms with E-state index < -0.39 is 0 Å². The highest BCUT2D eigenvalue weighted by Crippen LogP contribution is 2.31. The van der Waals surface area contributed by atoms with Gasteiger partial charge in [0.05, 0.1) is 5.70 Å². The standard InChI is InChI=1S/C16H10BrFN4S/c17-12-3-1-2-11(8-12)14-9-23-16-20-19-15(22(16)21-14)10-4-6-13(18)7-5-10/h1-9,21H. The lowest BCUT2D eigenvalue weighted by atomic mass is 10.2. The number of benzene rings is 2. The van der Waals surface area contributed by atoms with Crippen LogP contribution in [0.5, 0.6) is 0 Å². The molecule has 0 aliphatic carbocycles. The fourth-order valence-corrected chi connectivity index (χ4v) is 3.42. The molecule has 4 rings (SSSR count). The summed E-state index contributed by atoms with van der Waals surface area (Å²) < 4.78 is 15.9. The van der Waals surface area contributed by atoms with Gasteiger partial charge in [0.15, 0.2) is 5.82 Å². The highest BCUT2D eigenvalue weighted by molar-refractivity contribution is 9.10. The third-order valence-corrected chi connectivity index (χ3v) is 4.71. The SMILES string of the molecule is Fc1ccc(-c2nnc3n2NC(c2cccc(Br)c2)=CS3)cc1. The molecule has 0 radical (unpaired) electrons. The van der Waals surface area contributed by atoms with Gasteiger partial charge in [-0.1, -0.05) is 39.8 Å². The molecule has 0 atom stereocenters. The lowest BCUT2D eigenvalue weighted by molar-refractivity contribution is 0.628. The molecule has 0 saturated carbocycles. The predicted octanol–water partition coefficient (Wildman–Crippen LogP) is 4.49. The fourth-order valence-electron chi connectivity index (χ4n) is 2.28. The van der Waals surface area contributed by atoms with Crippen molar-refractivity contribution in [3.63, 3.8) is 0 Å². The zero-order valence-corrected chi connectivity index (χ0v) is 14.1. The van der Waals surface area contributed by atoms with Crippen LogP contribution in [0.15, 0.2) is 63.6 Å². The van der Waals surface area contributed by atoms with Gasteiger partial charge in [0, 0.05) is 21.0 Å². The first-order valence-corrected chi connectivity index (χ1v) is 8.49. The van der Waals surface area contributed by atoms with E-state index in [2.05, 4.69) is 31.6 Å². The number of hydrogen-bond acceptors (Lipinski definition) is 4. The normalized spacial score (nSPS) is 13.2. The summed E-state index contributed by atoms with van der Waals surface area (Å²) >= 11 is 4.97. The molecule has 0 spiro atoms. The summed E-state index contributed by atoms with van der Waals surface area (Å²) in [5, 5.41) is 11.1. The predicted molar refractivity (Wildman–Crippen MR) is 92.8 cm³/mol. The maximum atomic E-state index is 13.1. The Kier molecular flexibility index (Phi) is 3.66. The second kappa shape index (κ2) is 5.82. The molecule has 0 bridgehead atoms. The number of rotatable bonds is 2. The summed E-state index contributed by atoms with van der Waals surface area (Å²) in [6, 6.07) is 14.2. The van der Waals surface area contributed by atoms with Gasteiger partial charge in [0.1, 0.15) is 5.82 Å². The van der Waals surface area contributed by atoms with E-state index in [1.165, 1.54) is 23.9 Å². The summed E-state index contributed by atoms with van der Waals surface area (Å²) in [4.78, 5) is 0. The summed E-state index contributed by atoms with van der Waals surface area (Å²) in [5.74, 6) is 0.372. The minimum atomic E-state index is -0.274. The van der Waals surface area contributed by atoms with Gasteiger partial charge in [-0.3, -0.25) is 5.43 Å². The van der Waals surface area contributed by atoms with Crippen LogP contribution in [0.25, 0.3) is 17.1 Å². The third-order valence-electron chi connectivity index (χ3n) is 3.39. The van der Waals surface area contributed by atoms with Crippen molar-refractivity contribution in [2.45, 2.75) is 5.16 Å². The van der Waals surface area contributed by atoms with Crippen molar-refractivity contribution in [2.24, 2.45) is 0 Å². The summed E-state index contributed by atoms with van der Waals surface area (Å²) in [6.45, 7) is 0. The molecule has 0 saturated heterocycles. The zero-order chi connectivity index (χ0) is 15.8. The molecule has 23 heavy (non-hydrogen) atoms. The van der Waals surface area contributed by atoms with Crippen LogP contribution in [-0.2, 0) is 0 Å². The number of aromatic nitrogens is 3. The smallest absolute Gasteiger partial charge is 0.214 e. The van der Waals surface area contributed by atoms with E-state index in [4.69, 9.17) is 0 Å². The van der Waals surface area contributed by atoms with E-state index in [1.54, 1.807) is 12.1 Å². The summed E-state index contributed by atoms with van der Waals surface area (Å²) in [5.41, 5.74) is 6.12. The highest BCUT2D eigenvalue weighted by atomic mass is 79.9. The monoisotopic (exact) mass is 388 g/mol. The Hall–Kier alpha value is -2.12. The molecule has 1 aliphatic rings. The second-order valence-corrected chi connectivity index (χ2v) is 6.67. The van der Waals surface area contributed by atoms with Crippen molar-refractivity contribution in [1.82, 2.24) is 14.9 Å². The van der Waals surface area contributed by atoms with Gasteiger partial charge in [-0.05, 0) is 36.4 Å². The summed E-state index contributed by atoms with van der Waals surface area (Å²) in [6.07, 6.45) is 0. The molecule has 2 heterocycles. The topological polar surface area (TPSA) is 42.7 Å². The number of halogens is 2. The molecule has 114 valence electrons. The molecule has 2 aromatic carbocycles. The largest absolute Gasteiger partial charge is 0.289 e. The van der Waals surface area contributed by atoms with Gasteiger partial charge in [0.25, 0.3) is 0 Å². The van der Waals surface area contributed by atoms with Crippen LogP contribution in [-0.4, -0.2) is 14.9 Å². The Labute approximate surface area is 144 Å². The van der Waals surface area contributed by atoms with E-state index in [-0.39, 0.29) is 5.82 Å². The average molecular weight is 389 g/mol. The van der Waals surface area contributed by atoms with Gasteiger partial charge < -0.3 is 0 Å². The first-order valence-electron chi connectivity index (χ1n) is 6.82. The molecule has 1 N–H and O–H groups in total. The second-order valence-electron chi connectivity index (χ2n) is 4.92. The van der Waals surface area contributed by atoms with E-state index in [9.17, 15) is 4.39 Å². The van der Waals surface area contributed by atoms with Crippen molar-refractivity contribution < 1.29 is 4.39 Å². The number of fused-ring (bicyclic) bond motifs is 1. The maximum absolute atomic E-state index is 13.1. The number of nitrogens with one attached hydrogen (secondary N) is 1. The van der Waals surface area contributed by atoms with E-state index in [0.717, 1.165) is 26.5 Å². The molecular formula is C16H10BrFN4S. The van der Waals surface area contributed by atoms with Gasteiger partial charge in [-0.2, -0.15) is 0 Å². The maximum Gasteiger partial charge on any atom is 0.214 e. The van der Waals surface area contributed by atoms with Crippen LogP contribution in [0, 0.1) is 5.82 Å². The minimum Gasteiger partial charge on any atom is -0.289 e. The van der Waals surface area contributed by atoms with Gasteiger partial charge in [-0.25, -0.2) is 9.07 Å². The molecule has 4 nitrogen and oxygen atoms in total. The van der Waals surface area contributed by atoms with Crippen molar-refractivity contribution in [1.29, 1.82) is 0 Å². The van der Waals surface area contributed by atoms with Crippen LogP contribution in [0.3, 0.4) is 0 Å². The van der Waals surface area contributed by atoms with Crippen molar-refractivity contribution in [3.8, 4) is 11.4 Å². The lowest BCUT2D eigenvalue weighted by Crippen LogP contribution is -2.18. The first kappa shape index (κ1) is 14.5. The fraction of sp³-hybridized carbons (Fsp3) is 0. The molecule has 0 fully saturated rings. The molecule has 1 aromatic heterocycles. The number of nitrogens with zero attached hydrogens (tertiary/aromatic N) is 3. The van der Waals surface area contributed by atoms with Crippen molar-refractivity contribution in [2.75, 3.05) is 5.43 Å². The van der Waals surface area contributed by atoms with Gasteiger partial charge in [-0.15, -0.1) is 10.2 Å². The average Bonchev–Trinajstić information content (AvgIpc) is 2.99. The Bertz CT molecular complexity index is 905. The molecule has 3 aromatic rings. The molecule has 1 aliphatic heterocycles. The van der Waals surface area contributed by atoms with Crippen LogP contribution >= 0.6 is 27.7 Å². The Balaban J connectivity index is 1.71. The van der Waals surface area contributed by atoms with Gasteiger partial charge in [0.2, 0.25) is 5.16 Å². The van der Waals surface area contributed by atoms with Crippen LogP contribution < -0.4 is 5.43 Å². The Morgan fingerprint density at radius 2 is 1.87 bits per heavy atom. The van der Waals surface area contributed by atoms with Crippen molar-refractivity contribution >= 4 is 33.4 Å². The Morgan fingerprint density at radius 3 is 2.65 bits per heavy atom. The lowest BCUT2D eigenvalue weighted by Gasteiger charge is -2.19. The van der Waals surface area contributed by atoms with Crippen LogP contribution in [0.4, 0.5) is 4.39 Å². The number of hydrogen-bond donors (Lipinski definition) is 1. The molecule has 0 amide bonds. The quantitative estimate of drug-likeness (QED) is 0.701. The van der Waals surface area contributed by atoms with E-state index in [1.807, 2.05) is 34.3 Å². The molecule has 0 unspecified atom stereocenters.